The summed E-state index contributed by atoms with van der Waals surface area (Å²) in [6.45, 7) is 6.43. The highest BCUT2D eigenvalue weighted by Crippen LogP contribution is 2.53. The van der Waals surface area contributed by atoms with Crippen LogP contribution in [0.15, 0.2) is 125 Å². The minimum atomic E-state index is -4.79. The van der Waals surface area contributed by atoms with Gasteiger partial charge in [0.25, 0.3) is 28.0 Å². The first-order valence-electron chi connectivity index (χ1n) is 27.3. The molecule has 92 heavy (non-hydrogen) atoms. The number of aryl methyl sites for hydroxylation is 3. The predicted molar refractivity (Wildman–Crippen MR) is 343 cm³/mol. The minimum absolute atomic E-state index is 0.0415. The van der Waals surface area contributed by atoms with E-state index in [-0.39, 0.29) is 81.0 Å². The second-order valence-corrected chi connectivity index (χ2v) is 26.9. The van der Waals surface area contributed by atoms with E-state index in [0.29, 0.717) is 51.4 Å². The molecule has 2 saturated heterocycles. The van der Waals surface area contributed by atoms with E-state index < -0.39 is 65.8 Å². The SMILES string of the molecule is Cc1cc(C2=NOC(c3cc(Cl)cc(Cl)c3)(C(F)(F)F)C2)ccc1C(=O)Cl.Cc1cc(C2=NOC(c3cc(Cl)cc(Cl)c3)(C(F)(F)F)C2)ccc1C(=O)NCC1CSC1.Cc1cc(C2=NOC(c3cc(Cl)cc(Cl)c3)(C(F)(F)F)C2)ccc1C(=O)O.NCC1CSC1. The van der Waals surface area contributed by atoms with Crippen molar-refractivity contribution in [1.82, 2.24) is 5.32 Å². The summed E-state index contributed by atoms with van der Waals surface area (Å²) in [7, 11) is 0. The van der Waals surface area contributed by atoms with E-state index in [1.165, 1.54) is 78.2 Å². The summed E-state index contributed by atoms with van der Waals surface area (Å²) < 4.78 is 126. The molecule has 490 valence electrons. The van der Waals surface area contributed by atoms with Crippen LogP contribution in [-0.4, -0.2) is 94.0 Å². The minimum Gasteiger partial charge on any atom is -0.478 e. The molecule has 1 amide bonds. The number of rotatable bonds is 12. The van der Waals surface area contributed by atoms with Gasteiger partial charge in [-0.3, -0.25) is 9.59 Å². The second kappa shape index (κ2) is 29.2. The highest BCUT2D eigenvalue weighted by atomic mass is 35.5. The number of benzene rings is 6. The van der Waals surface area contributed by atoms with Crippen LogP contribution in [0.25, 0.3) is 0 Å². The molecule has 0 aromatic heterocycles. The summed E-state index contributed by atoms with van der Waals surface area (Å²) >= 11 is 44.6. The van der Waals surface area contributed by atoms with Gasteiger partial charge in [-0.25, -0.2) is 4.79 Å². The van der Waals surface area contributed by atoms with Crippen molar-refractivity contribution in [3.05, 3.63) is 206 Å². The van der Waals surface area contributed by atoms with E-state index in [2.05, 4.69) is 20.8 Å². The van der Waals surface area contributed by atoms with Gasteiger partial charge in [0.05, 0.1) is 22.7 Å². The fraction of sp³-hybridized carbons (Fsp3) is 0.323. The van der Waals surface area contributed by atoms with Crippen LogP contribution in [0.2, 0.25) is 30.1 Å². The molecule has 30 heteroatoms. The number of oxime groups is 3. The summed E-state index contributed by atoms with van der Waals surface area (Å²) in [5.74, 6) is 4.70. The van der Waals surface area contributed by atoms with Gasteiger partial charge in [0, 0.05) is 83.8 Å². The molecule has 11 rings (SSSR count). The lowest BCUT2D eigenvalue weighted by Gasteiger charge is -2.29. The zero-order chi connectivity index (χ0) is 67.5. The molecule has 5 aliphatic heterocycles. The lowest BCUT2D eigenvalue weighted by molar-refractivity contribution is -0.276. The molecule has 0 saturated carbocycles. The molecule has 12 nitrogen and oxygen atoms in total. The highest BCUT2D eigenvalue weighted by molar-refractivity contribution is 8.00. The molecule has 0 radical (unpaired) electrons. The van der Waals surface area contributed by atoms with Crippen LogP contribution >= 0.6 is 105 Å². The fourth-order valence-electron chi connectivity index (χ4n) is 9.94. The molecule has 0 spiro atoms. The number of nitrogens with two attached hydrogens (primary N) is 1. The summed E-state index contributed by atoms with van der Waals surface area (Å²) in [6, 6.07) is 24.4. The maximum atomic E-state index is 14.1. The summed E-state index contributed by atoms with van der Waals surface area (Å²) in [5.41, 5.74) is 0.287. The van der Waals surface area contributed by atoms with Crippen LogP contribution < -0.4 is 11.1 Å². The Bertz CT molecular complexity index is 3690. The van der Waals surface area contributed by atoms with Crippen molar-refractivity contribution in [2.24, 2.45) is 33.0 Å². The molecule has 4 N–H and O–H groups in total. The molecule has 0 bridgehead atoms. The van der Waals surface area contributed by atoms with E-state index in [1.807, 2.05) is 23.5 Å². The number of nitrogens with one attached hydrogen (secondary N) is 1. The van der Waals surface area contributed by atoms with Crippen LogP contribution in [0.5, 0.6) is 0 Å². The molecule has 6 aromatic rings. The molecule has 5 aliphatic rings. The number of carbonyl (C=O) groups is 3. The first-order valence-corrected chi connectivity index (χ1v) is 32.3. The number of carboxylic acids is 1. The van der Waals surface area contributed by atoms with Gasteiger partial charge < -0.3 is 30.7 Å². The monoisotopic (exact) mass is 1460 g/mol. The van der Waals surface area contributed by atoms with Crippen LogP contribution in [0, 0.1) is 32.6 Å². The van der Waals surface area contributed by atoms with Crippen LogP contribution in [-0.2, 0) is 31.3 Å². The first kappa shape index (κ1) is 72.2. The average Bonchev–Trinajstić information content (AvgIpc) is 1.54. The van der Waals surface area contributed by atoms with Gasteiger partial charge in [-0.2, -0.15) is 63.0 Å². The smallest absolute Gasteiger partial charge is 0.435 e. The summed E-state index contributed by atoms with van der Waals surface area (Å²) in [6.07, 6.45) is -16.0. The lowest BCUT2D eigenvalue weighted by atomic mass is 9.86. The Kier molecular flexibility index (Phi) is 22.9. The Balaban J connectivity index is 0.000000170. The van der Waals surface area contributed by atoms with Gasteiger partial charge in [-0.1, -0.05) is 103 Å². The van der Waals surface area contributed by atoms with Gasteiger partial charge in [0.2, 0.25) is 0 Å². The number of carbonyl (C=O) groups excluding carboxylic acids is 2. The van der Waals surface area contributed by atoms with Crippen LogP contribution in [0.4, 0.5) is 39.5 Å². The Morgan fingerprint density at radius 1 is 0.511 bits per heavy atom. The molecular formula is C62H51Cl7F9N5O7S2. The normalized spacial score (nSPS) is 20.3. The van der Waals surface area contributed by atoms with Crippen LogP contribution in [0.1, 0.15) is 100 Å². The molecule has 0 aliphatic carbocycles. The first-order chi connectivity index (χ1) is 43.1. The van der Waals surface area contributed by atoms with E-state index in [1.54, 1.807) is 39.0 Å². The quantitative estimate of drug-likeness (QED) is 0.0790. The number of carboxylic acid groups (broad SMARTS) is 1. The maximum absolute atomic E-state index is 14.1. The van der Waals surface area contributed by atoms with Gasteiger partial charge in [-0.05, 0) is 198 Å². The van der Waals surface area contributed by atoms with Crippen molar-refractivity contribution in [3.8, 4) is 0 Å². The number of hydrogen-bond donors (Lipinski definition) is 3. The topological polar surface area (TPSA) is 174 Å². The number of hydrogen-bond acceptors (Lipinski definition) is 12. The molecule has 6 aromatic carbocycles. The Hall–Kier alpha value is -5.60. The number of aromatic carboxylic acids is 1. The zero-order valence-corrected chi connectivity index (χ0v) is 55.0. The van der Waals surface area contributed by atoms with Gasteiger partial charge in [-0.15, -0.1) is 0 Å². The summed E-state index contributed by atoms with van der Waals surface area (Å²) in [5, 5.41) is 22.8. The molecular weight excluding hydrogens is 1410 g/mol. The maximum Gasteiger partial charge on any atom is 0.435 e. The number of thioether (sulfide) groups is 2. The van der Waals surface area contributed by atoms with Crippen molar-refractivity contribution in [2.75, 3.05) is 36.1 Å². The van der Waals surface area contributed by atoms with E-state index >= 15 is 0 Å². The number of nitrogens with zero attached hydrogens (tertiary/aromatic N) is 3. The molecule has 5 heterocycles. The molecule has 3 atom stereocenters. The molecule has 2 fully saturated rings. The third kappa shape index (κ3) is 16.2. The highest BCUT2D eigenvalue weighted by Gasteiger charge is 2.65. The van der Waals surface area contributed by atoms with Crippen molar-refractivity contribution >= 4 is 139 Å². The number of amides is 1. The Morgan fingerprint density at radius 3 is 1.05 bits per heavy atom. The van der Waals surface area contributed by atoms with Gasteiger partial charge in [0.15, 0.2) is 0 Å². The summed E-state index contributed by atoms with van der Waals surface area (Å²) in [4.78, 5) is 49.8. The van der Waals surface area contributed by atoms with E-state index in [0.717, 1.165) is 48.2 Å². The van der Waals surface area contributed by atoms with E-state index in [9.17, 15) is 53.9 Å². The second-order valence-electron chi connectivity index (χ2n) is 21.8. The van der Waals surface area contributed by atoms with Crippen molar-refractivity contribution in [3.63, 3.8) is 0 Å². The van der Waals surface area contributed by atoms with E-state index in [4.69, 9.17) is 107 Å². The lowest BCUT2D eigenvalue weighted by Crippen LogP contribution is -2.42. The van der Waals surface area contributed by atoms with Crippen molar-refractivity contribution in [1.29, 1.82) is 0 Å². The average molecular weight is 1460 g/mol. The fourth-order valence-corrected chi connectivity index (χ4v) is 13.4. The largest absolute Gasteiger partial charge is 0.478 e. The van der Waals surface area contributed by atoms with Gasteiger partial charge >= 0.3 is 24.5 Å². The molecule has 3 unspecified atom stereocenters. The van der Waals surface area contributed by atoms with Crippen molar-refractivity contribution in [2.45, 2.75) is 75.4 Å². The van der Waals surface area contributed by atoms with Gasteiger partial charge in [0.1, 0.15) is 0 Å². The Labute approximate surface area is 564 Å². The van der Waals surface area contributed by atoms with Crippen molar-refractivity contribution < 1.29 is 73.5 Å². The number of halogens is 16. The Morgan fingerprint density at radius 2 is 0.815 bits per heavy atom. The third-order valence-electron chi connectivity index (χ3n) is 15.2. The standard InChI is InChI=1S/C22H19Cl2F3N2O2S.C18H11Cl3F3NO2.C18H12Cl2F3NO3.C4H9NS/c1-12-4-14(2-3-18(12)20(30)28-9-13-10-32-11-13)19-8-21(31-29-19,22(25,26)27)15-5-16(23)7-17(24)6-15;1-9-4-10(2-3-14(9)16(21)26)15-8-17(27-25-15,18(22,23)24)11-5-12(19)7-13(20)6-11;1-9-4-10(2-3-14(9)16(25)26)15-8-17(27-24-15,18(21,22)23)11-5-12(19)7-13(20)6-11;5-1-4-2-6-3-4/h2-7,13H,8-11H2,1H3,(H,28,30);2-7H,8H2,1H3;2-7H,8H2,1H3,(H,25,26);4H,1-3,5H2. The third-order valence-corrected chi connectivity index (χ3v) is 19.6. The predicted octanol–water partition coefficient (Wildman–Crippen LogP) is 18.1. The number of alkyl halides is 9. The zero-order valence-electron chi connectivity index (χ0n) is 48.1. The van der Waals surface area contributed by atoms with Crippen LogP contribution in [0.3, 0.4) is 0 Å².